The molecule has 1 aromatic rings. The van der Waals surface area contributed by atoms with Gasteiger partial charge in [0.1, 0.15) is 5.82 Å². The van der Waals surface area contributed by atoms with Crippen molar-refractivity contribution in [2.75, 3.05) is 6.61 Å². The van der Waals surface area contributed by atoms with Crippen LogP contribution in [-0.2, 0) is 6.42 Å². The van der Waals surface area contributed by atoms with Crippen LogP contribution >= 0.6 is 0 Å². The maximum absolute atomic E-state index is 12.7. The molecule has 0 saturated heterocycles. The molecule has 15 heavy (non-hydrogen) atoms. The Morgan fingerprint density at radius 2 is 1.80 bits per heavy atom. The maximum atomic E-state index is 12.7. The third-order valence-electron chi connectivity index (χ3n) is 2.50. The van der Waals surface area contributed by atoms with Crippen LogP contribution in [0.1, 0.15) is 25.8 Å². The van der Waals surface area contributed by atoms with Gasteiger partial charge in [-0.15, -0.1) is 0 Å². The van der Waals surface area contributed by atoms with E-state index in [9.17, 15) is 9.50 Å². The SMILES string of the molecule is CC(C)CC(CO)Cc1ccc(F)cc1. The van der Waals surface area contributed by atoms with Gasteiger partial charge in [0.2, 0.25) is 0 Å². The number of rotatable bonds is 5. The Hall–Kier alpha value is -0.890. The molecule has 0 radical (unpaired) electrons. The average molecular weight is 210 g/mol. The van der Waals surface area contributed by atoms with Gasteiger partial charge in [0, 0.05) is 6.61 Å². The van der Waals surface area contributed by atoms with Crippen LogP contribution in [0.4, 0.5) is 4.39 Å². The maximum Gasteiger partial charge on any atom is 0.123 e. The number of halogens is 1. The van der Waals surface area contributed by atoms with E-state index in [4.69, 9.17) is 0 Å². The van der Waals surface area contributed by atoms with Crippen LogP contribution < -0.4 is 0 Å². The Bertz CT molecular complexity index is 279. The number of benzene rings is 1. The van der Waals surface area contributed by atoms with Crippen LogP contribution in [-0.4, -0.2) is 11.7 Å². The Morgan fingerprint density at radius 3 is 2.27 bits per heavy atom. The second-order valence-electron chi connectivity index (χ2n) is 4.51. The summed E-state index contributed by atoms with van der Waals surface area (Å²) in [6, 6.07) is 6.52. The lowest BCUT2D eigenvalue weighted by Crippen LogP contribution is -2.12. The Morgan fingerprint density at radius 1 is 1.20 bits per heavy atom. The van der Waals surface area contributed by atoms with Crippen LogP contribution in [0.15, 0.2) is 24.3 Å². The molecule has 1 N–H and O–H groups in total. The number of aliphatic hydroxyl groups excluding tert-OH is 1. The van der Waals surface area contributed by atoms with Crippen molar-refractivity contribution in [3.63, 3.8) is 0 Å². The molecule has 84 valence electrons. The van der Waals surface area contributed by atoms with Crippen LogP contribution in [0.25, 0.3) is 0 Å². The Balaban J connectivity index is 2.54. The van der Waals surface area contributed by atoms with Crippen LogP contribution in [0.5, 0.6) is 0 Å². The minimum atomic E-state index is -0.205. The predicted molar refractivity (Wildman–Crippen MR) is 60.1 cm³/mol. The molecule has 1 aromatic carbocycles. The first kappa shape index (κ1) is 12.2. The molecule has 1 rings (SSSR count). The minimum Gasteiger partial charge on any atom is -0.396 e. The highest BCUT2D eigenvalue weighted by molar-refractivity contribution is 5.16. The van der Waals surface area contributed by atoms with E-state index in [1.807, 2.05) is 0 Å². The fourth-order valence-corrected chi connectivity index (χ4v) is 1.84. The molecule has 0 fully saturated rings. The lowest BCUT2D eigenvalue weighted by molar-refractivity contribution is 0.205. The Labute approximate surface area is 90.9 Å². The van der Waals surface area contributed by atoms with Gasteiger partial charge in [0.05, 0.1) is 0 Å². The zero-order valence-corrected chi connectivity index (χ0v) is 9.41. The summed E-state index contributed by atoms with van der Waals surface area (Å²) in [7, 11) is 0. The smallest absolute Gasteiger partial charge is 0.123 e. The van der Waals surface area contributed by atoms with Gasteiger partial charge < -0.3 is 5.11 Å². The monoisotopic (exact) mass is 210 g/mol. The molecule has 1 unspecified atom stereocenters. The van der Waals surface area contributed by atoms with E-state index in [1.165, 1.54) is 12.1 Å². The summed E-state index contributed by atoms with van der Waals surface area (Å²) in [6.45, 7) is 4.50. The molecule has 2 heteroatoms. The molecule has 0 spiro atoms. The quantitative estimate of drug-likeness (QED) is 0.792. The van der Waals surface area contributed by atoms with Gasteiger partial charge in [-0.05, 0) is 42.4 Å². The van der Waals surface area contributed by atoms with Crippen LogP contribution in [0.2, 0.25) is 0 Å². The van der Waals surface area contributed by atoms with Gasteiger partial charge in [-0.3, -0.25) is 0 Å². The first-order chi connectivity index (χ1) is 7.11. The third kappa shape index (κ3) is 4.43. The lowest BCUT2D eigenvalue weighted by atomic mass is 9.92. The fraction of sp³-hybridized carbons (Fsp3) is 0.538. The highest BCUT2D eigenvalue weighted by Gasteiger charge is 2.10. The summed E-state index contributed by atoms with van der Waals surface area (Å²) in [6.07, 6.45) is 1.84. The first-order valence-electron chi connectivity index (χ1n) is 5.47. The number of hydrogen-bond donors (Lipinski definition) is 1. The molecule has 1 atom stereocenters. The Kier molecular flexibility index (Phi) is 4.76. The van der Waals surface area contributed by atoms with Crippen molar-refractivity contribution in [2.24, 2.45) is 11.8 Å². The molecule has 1 nitrogen and oxygen atoms in total. The molecule has 0 aliphatic heterocycles. The van der Waals surface area contributed by atoms with Gasteiger partial charge >= 0.3 is 0 Å². The summed E-state index contributed by atoms with van der Waals surface area (Å²) < 4.78 is 12.7. The summed E-state index contributed by atoms with van der Waals surface area (Å²) in [5.41, 5.74) is 1.09. The van der Waals surface area contributed by atoms with Crippen molar-refractivity contribution < 1.29 is 9.50 Å². The van der Waals surface area contributed by atoms with Crippen molar-refractivity contribution in [1.29, 1.82) is 0 Å². The molecule has 0 bridgehead atoms. The zero-order chi connectivity index (χ0) is 11.3. The topological polar surface area (TPSA) is 20.2 Å². The van der Waals surface area contributed by atoms with E-state index < -0.39 is 0 Å². The van der Waals surface area contributed by atoms with Crippen molar-refractivity contribution in [1.82, 2.24) is 0 Å². The summed E-state index contributed by atoms with van der Waals surface area (Å²) in [5.74, 6) is 0.668. The molecule has 0 heterocycles. The van der Waals surface area contributed by atoms with E-state index in [0.29, 0.717) is 5.92 Å². The van der Waals surface area contributed by atoms with Gasteiger partial charge in [0.25, 0.3) is 0 Å². The standard InChI is InChI=1S/C13H19FO/c1-10(2)7-12(9-15)8-11-3-5-13(14)6-4-11/h3-6,10,12,15H,7-9H2,1-2H3. The first-order valence-corrected chi connectivity index (χ1v) is 5.47. The van der Waals surface area contributed by atoms with Crippen molar-refractivity contribution in [2.45, 2.75) is 26.7 Å². The van der Waals surface area contributed by atoms with E-state index >= 15 is 0 Å². The summed E-state index contributed by atoms with van der Waals surface area (Å²) >= 11 is 0. The normalized spacial score (nSPS) is 13.1. The highest BCUT2D eigenvalue weighted by Crippen LogP contribution is 2.17. The van der Waals surface area contributed by atoms with E-state index in [0.717, 1.165) is 18.4 Å². The van der Waals surface area contributed by atoms with E-state index in [1.54, 1.807) is 12.1 Å². The molecule has 0 aliphatic rings. The molecule has 0 saturated carbocycles. The summed E-state index contributed by atoms with van der Waals surface area (Å²) in [4.78, 5) is 0. The molecular weight excluding hydrogens is 191 g/mol. The largest absolute Gasteiger partial charge is 0.396 e. The molecular formula is C13H19FO. The fourth-order valence-electron chi connectivity index (χ4n) is 1.84. The number of hydrogen-bond acceptors (Lipinski definition) is 1. The van der Waals surface area contributed by atoms with Gasteiger partial charge in [-0.2, -0.15) is 0 Å². The number of aliphatic hydroxyl groups is 1. The predicted octanol–water partition coefficient (Wildman–Crippen LogP) is 3.02. The van der Waals surface area contributed by atoms with Crippen LogP contribution in [0.3, 0.4) is 0 Å². The van der Waals surface area contributed by atoms with E-state index in [2.05, 4.69) is 13.8 Å². The molecule has 0 aromatic heterocycles. The van der Waals surface area contributed by atoms with Crippen molar-refractivity contribution in [3.8, 4) is 0 Å². The van der Waals surface area contributed by atoms with Gasteiger partial charge in [0.15, 0.2) is 0 Å². The van der Waals surface area contributed by atoms with Crippen LogP contribution in [0, 0.1) is 17.7 Å². The second kappa shape index (κ2) is 5.86. The van der Waals surface area contributed by atoms with E-state index in [-0.39, 0.29) is 18.3 Å². The van der Waals surface area contributed by atoms with Gasteiger partial charge in [-0.25, -0.2) is 4.39 Å². The minimum absolute atomic E-state index is 0.204. The lowest BCUT2D eigenvalue weighted by Gasteiger charge is -2.16. The van der Waals surface area contributed by atoms with Crippen molar-refractivity contribution >= 4 is 0 Å². The highest BCUT2D eigenvalue weighted by atomic mass is 19.1. The zero-order valence-electron chi connectivity index (χ0n) is 9.41. The molecule has 0 amide bonds. The third-order valence-corrected chi connectivity index (χ3v) is 2.50. The second-order valence-corrected chi connectivity index (χ2v) is 4.51. The molecule has 0 aliphatic carbocycles. The van der Waals surface area contributed by atoms with Crippen molar-refractivity contribution in [3.05, 3.63) is 35.6 Å². The van der Waals surface area contributed by atoms with Gasteiger partial charge in [-0.1, -0.05) is 26.0 Å². The summed E-state index contributed by atoms with van der Waals surface area (Å²) in [5, 5.41) is 9.22. The average Bonchev–Trinajstić information content (AvgIpc) is 2.19.